The number of para-hydroxylation sites is 1. The fraction of sp³-hybridized carbons (Fsp3) is 0.143. The third kappa shape index (κ3) is 6.39. The second-order valence-corrected chi connectivity index (χ2v) is 9.02. The van der Waals surface area contributed by atoms with E-state index in [0.717, 1.165) is 21.4 Å². The average Bonchev–Trinajstić information content (AvgIpc) is 2.87. The van der Waals surface area contributed by atoms with Gasteiger partial charge >= 0.3 is 0 Å². The first-order valence-corrected chi connectivity index (χ1v) is 12.0. The smallest absolute Gasteiger partial charge is 0.262 e. The van der Waals surface area contributed by atoms with Crippen molar-refractivity contribution in [2.24, 2.45) is 0 Å². The van der Waals surface area contributed by atoms with Gasteiger partial charge in [-0.3, -0.25) is 9.59 Å². The predicted octanol–water partition coefficient (Wildman–Crippen LogP) is 6.37. The van der Waals surface area contributed by atoms with E-state index in [0.29, 0.717) is 17.9 Å². The van der Waals surface area contributed by atoms with E-state index in [2.05, 4.69) is 10.6 Å². The number of benzene rings is 4. The van der Waals surface area contributed by atoms with E-state index < -0.39 is 0 Å². The lowest BCUT2D eigenvalue weighted by Gasteiger charge is -2.16. The Hall–Kier alpha value is -3.77. The Balaban J connectivity index is 1.35. The summed E-state index contributed by atoms with van der Waals surface area (Å²) in [5.74, 6) is 0.353. The molecule has 0 heterocycles. The molecule has 0 bridgehead atoms. The van der Waals surface area contributed by atoms with Gasteiger partial charge in [0, 0.05) is 16.3 Å². The Morgan fingerprint density at radius 3 is 2.32 bits per heavy atom. The number of rotatable bonds is 9. The molecular weight excluding hydrogens is 444 g/mol. The minimum Gasteiger partial charge on any atom is -0.484 e. The van der Waals surface area contributed by atoms with Crippen LogP contribution in [0.2, 0.25) is 0 Å². The van der Waals surface area contributed by atoms with Crippen molar-refractivity contribution in [3.05, 3.63) is 97.1 Å². The molecule has 0 saturated carbocycles. The molecule has 2 N–H and O–H groups in total. The summed E-state index contributed by atoms with van der Waals surface area (Å²) in [6, 6.07) is 30.7. The Labute approximate surface area is 203 Å². The summed E-state index contributed by atoms with van der Waals surface area (Å²) in [6.07, 6.45) is 0.672. The van der Waals surface area contributed by atoms with E-state index >= 15 is 0 Å². The van der Waals surface area contributed by atoms with Gasteiger partial charge in [0.05, 0.1) is 5.25 Å². The fourth-order valence-electron chi connectivity index (χ4n) is 3.49. The van der Waals surface area contributed by atoms with E-state index in [1.807, 2.05) is 91.9 Å². The maximum absolute atomic E-state index is 12.9. The maximum Gasteiger partial charge on any atom is 0.262 e. The Bertz CT molecular complexity index is 1280. The van der Waals surface area contributed by atoms with E-state index in [-0.39, 0.29) is 23.7 Å². The summed E-state index contributed by atoms with van der Waals surface area (Å²) in [6.45, 7) is 1.91. The molecule has 1 atom stereocenters. The van der Waals surface area contributed by atoms with Gasteiger partial charge in [-0.15, -0.1) is 11.8 Å². The molecule has 0 aromatic heterocycles. The summed E-state index contributed by atoms with van der Waals surface area (Å²) < 4.78 is 5.50. The maximum atomic E-state index is 12.9. The SMILES string of the molecule is CCC(Sc1cccc(NC(=O)COc2ccccc2)c1)C(=O)Nc1ccc2ccccc2c1. The Kier molecular flexibility index (Phi) is 7.83. The molecule has 0 aliphatic carbocycles. The molecule has 0 aliphatic rings. The lowest BCUT2D eigenvalue weighted by molar-refractivity contribution is -0.118. The van der Waals surface area contributed by atoms with E-state index in [1.165, 1.54) is 11.8 Å². The summed E-state index contributed by atoms with van der Waals surface area (Å²) in [5, 5.41) is 7.84. The van der Waals surface area contributed by atoms with Crippen LogP contribution < -0.4 is 15.4 Å². The van der Waals surface area contributed by atoms with Gasteiger partial charge in [0.2, 0.25) is 5.91 Å². The van der Waals surface area contributed by atoms with E-state index in [9.17, 15) is 9.59 Å². The van der Waals surface area contributed by atoms with Gasteiger partial charge in [0.1, 0.15) is 5.75 Å². The number of amides is 2. The van der Waals surface area contributed by atoms with Crippen molar-refractivity contribution in [3.8, 4) is 5.75 Å². The highest BCUT2D eigenvalue weighted by molar-refractivity contribution is 8.00. The summed E-state index contributed by atoms with van der Waals surface area (Å²) in [5.41, 5.74) is 1.44. The summed E-state index contributed by atoms with van der Waals surface area (Å²) in [4.78, 5) is 26.1. The molecule has 5 nitrogen and oxygen atoms in total. The number of hydrogen-bond donors (Lipinski definition) is 2. The lowest BCUT2D eigenvalue weighted by Crippen LogP contribution is -2.24. The van der Waals surface area contributed by atoms with Gasteiger partial charge in [-0.05, 0) is 59.7 Å². The van der Waals surface area contributed by atoms with Crippen LogP contribution in [-0.4, -0.2) is 23.7 Å². The van der Waals surface area contributed by atoms with Gasteiger partial charge < -0.3 is 15.4 Å². The van der Waals surface area contributed by atoms with Gasteiger partial charge in [-0.1, -0.05) is 61.5 Å². The largest absolute Gasteiger partial charge is 0.484 e. The summed E-state index contributed by atoms with van der Waals surface area (Å²) in [7, 11) is 0. The van der Waals surface area contributed by atoms with Crippen molar-refractivity contribution in [1.82, 2.24) is 0 Å². The first-order chi connectivity index (χ1) is 16.6. The molecule has 6 heteroatoms. The zero-order valence-electron chi connectivity index (χ0n) is 18.9. The van der Waals surface area contributed by atoms with Crippen molar-refractivity contribution in [2.75, 3.05) is 17.2 Å². The number of thioether (sulfide) groups is 1. The zero-order chi connectivity index (χ0) is 23.8. The molecule has 0 saturated heterocycles. The van der Waals surface area contributed by atoms with Crippen molar-refractivity contribution >= 4 is 45.7 Å². The number of hydrogen-bond acceptors (Lipinski definition) is 4. The van der Waals surface area contributed by atoms with Crippen LogP contribution in [0.25, 0.3) is 10.8 Å². The van der Waals surface area contributed by atoms with Crippen LogP contribution in [0.15, 0.2) is 102 Å². The molecule has 2 amide bonds. The standard InChI is InChI=1S/C28H26N2O3S/c1-2-26(28(32)30-23-16-15-20-9-6-7-10-21(20)17-23)34-25-14-8-11-22(18-25)29-27(31)19-33-24-12-4-3-5-13-24/h3-18,26H,2,19H2,1H3,(H,29,31)(H,30,32). The molecule has 0 radical (unpaired) electrons. The van der Waals surface area contributed by atoms with Crippen LogP contribution >= 0.6 is 11.8 Å². The molecule has 0 aliphatic heterocycles. The van der Waals surface area contributed by atoms with Crippen molar-refractivity contribution in [2.45, 2.75) is 23.5 Å². The second kappa shape index (κ2) is 11.4. The molecule has 172 valence electrons. The van der Waals surface area contributed by atoms with Gasteiger partial charge in [-0.2, -0.15) is 0 Å². The van der Waals surface area contributed by atoms with Crippen LogP contribution in [0, 0.1) is 0 Å². The number of anilines is 2. The molecule has 4 rings (SSSR count). The fourth-order valence-corrected chi connectivity index (χ4v) is 4.50. The topological polar surface area (TPSA) is 67.4 Å². The highest BCUT2D eigenvalue weighted by atomic mass is 32.2. The van der Waals surface area contributed by atoms with Crippen molar-refractivity contribution in [3.63, 3.8) is 0 Å². The molecule has 0 spiro atoms. The average molecular weight is 471 g/mol. The molecule has 4 aromatic rings. The number of nitrogens with one attached hydrogen (secondary N) is 2. The normalized spacial score (nSPS) is 11.6. The van der Waals surface area contributed by atoms with E-state index in [1.54, 1.807) is 12.1 Å². The number of carbonyl (C=O) groups is 2. The zero-order valence-corrected chi connectivity index (χ0v) is 19.7. The molecule has 1 unspecified atom stereocenters. The first kappa shape index (κ1) is 23.4. The monoisotopic (exact) mass is 470 g/mol. The Morgan fingerprint density at radius 2 is 1.53 bits per heavy atom. The minimum absolute atomic E-state index is 0.0477. The van der Waals surface area contributed by atoms with Crippen LogP contribution in [0.4, 0.5) is 11.4 Å². The predicted molar refractivity (Wildman–Crippen MR) is 140 cm³/mol. The molecule has 0 fully saturated rings. The lowest BCUT2D eigenvalue weighted by atomic mass is 10.1. The highest BCUT2D eigenvalue weighted by Crippen LogP contribution is 2.29. The highest BCUT2D eigenvalue weighted by Gasteiger charge is 2.18. The van der Waals surface area contributed by atoms with Gasteiger partial charge in [0.15, 0.2) is 6.61 Å². The number of fused-ring (bicyclic) bond motifs is 1. The molecular formula is C28H26N2O3S. The third-order valence-electron chi connectivity index (χ3n) is 5.19. The van der Waals surface area contributed by atoms with Crippen molar-refractivity contribution < 1.29 is 14.3 Å². The first-order valence-electron chi connectivity index (χ1n) is 11.1. The second-order valence-electron chi connectivity index (χ2n) is 7.74. The van der Waals surface area contributed by atoms with Gasteiger partial charge in [-0.25, -0.2) is 0 Å². The summed E-state index contributed by atoms with van der Waals surface area (Å²) >= 11 is 1.48. The van der Waals surface area contributed by atoms with Gasteiger partial charge in [0.25, 0.3) is 5.91 Å². The van der Waals surface area contributed by atoms with Crippen LogP contribution in [0.1, 0.15) is 13.3 Å². The quantitative estimate of drug-likeness (QED) is 0.279. The van der Waals surface area contributed by atoms with Crippen molar-refractivity contribution in [1.29, 1.82) is 0 Å². The Morgan fingerprint density at radius 1 is 0.794 bits per heavy atom. The number of carbonyl (C=O) groups excluding carboxylic acids is 2. The number of ether oxygens (including phenoxy) is 1. The minimum atomic E-state index is -0.265. The van der Waals surface area contributed by atoms with Crippen LogP contribution in [0.3, 0.4) is 0 Å². The molecule has 34 heavy (non-hydrogen) atoms. The van der Waals surface area contributed by atoms with Crippen LogP contribution in [-0.2, 0) is 9.59 Å². The van der Waals surface area contributed by atoms with E-state index in [4.69, 9.17) is 4.74 Å². The molecule has 4 aromatic carbocycles. The van der Waals surface area contributed by atoms with Crippen LogP contribution in [0.5, 0.6) is 5.75 Å². The third-order valence-corrected chi connectivity index (χ3v) is 6.55.